The first-order valence-corrected chi connectivity index (χ1v) is 18.6. The van der Waals surface area contributed by atoms with Crippen molar-refractivity contribution in [1.82, 2.24) is 19.5 Å². The van der Waals surface area contributed by atoms with E-state index in [-0.39, 0.29) is 11.3 Å². The molecule has 0 amide bonds. The number of hydrogen-bond donors (Lipinski definition) is 0. The van der Waals surface area contributed by atoms with E-state index < -0.39 is 0 Å². The molecule has 53 heavy (non-hydrogen) atoms. The molecule has 0 fully saturated rings. The Morgan fingerprint density at radius 3 is 2.23 bits per heavy atom. The first-order chi connectivity index (χ1) is 26.0. The van der Waals surface area contributed by atoms with Crippen molar-refractivity contribution >= 4 is 44.4 Å². The van der Waals surface area contributed by atoms with Crippen LogP contribution < -0.4 is 4.90 Å². The first-order valence-electron chi connectivity index (χ1n) is 18.6. The quantitative estimate of drug-likeness (QED) is 0.181. The summed E-state index contributed by atoms with van der Waals surface area (Å²) in [5.74, 6) is 2.26. The number of benzene rings is 5. The molecule has 1 atom stereocenters. The molecule has 0 radical (unpaired) electrons. The molecule has 5 heteroatoms. The SMILES string of the molecule is CC1(C)c2cc(-c3ccccc3)ccc2N(c2ccccc2)c2cc3c4ccccc4n(-c4nc(C5=CCCC=C5)nc(C5C=CC=CC5)n4)c3cc21. The Morgan fingerprint density at radius 2 is 1.43 bits per heavy atom. The summed E-state index contributed by atoms with van der Waals surface area (Å²) >= 11 is 0. The van der Waals surface area contributed by atoms with Gasteiger partial charge in [-0.05, 0) is 84.0 Å². The van der Waals surface area contributed by atoms with E-state index in [0.717, 1.165) is 53.2 Å². The third-order valence-electron chi connectivity index (χ3n) is 11.1. The molecule has 256 valence electrons. The van der Waals surface area contributed by atoms with Gasteiger partial charge in [0.05, 0.1) is 22.4 Å². The Balaban J connectivity index is 1.25. The summed E-state index contributed by atoms with van der Waals surface area (Å²) < 4.78 is 2.27. The number of rotatable bonds is 5. The van der Waals surface area contributed by atoms with Crippen molar-refractivity contribution in [3.05, 3.63) is 181 Å². The molecule has 0 N–H and O–H groups in total. The molecule has 1 aliphatic heterocycles. The first kappa shape index (κ1) is 31.4. The maximum atomic E-state index is 5.28. The Bertz CT molecular complexity index is 2680. The predicted molar refractivity (Wildman–Crippen MR) is 218 cm³/mol. The second-order valence-electron chi connectivity index (χ2n) is 14.7. The highest BCUT2D eigenvalue weighted by Gasteiger charge is 2.38. The van der Waals surface area contributed by atoms with Crippen LogP contribution in [0.15, 0.2) is 158 Å². The molecule has 0 saturated carbocycles. The summed E-state index contributed by atoms with van der Waals surface area (Å²) in [6, 6.07) is 41.9. The normalized spacial score (nSPS) is 17.2. The Kier molecular flexibility index (Phi) is 7.36. The molecule has 1 unspecified atom stereocenters. The van der Waals surface area contributed by atoms with Gasteiger partial charge in [-0.2, -0.15) is 9.97 Å². The second-order valence-corrected chi connectivity index (χ2v) is 14.7. The van der Waals surface area contributed by atoms with Gasteiger partial charge < -0.3 is 4.90 Å². The van der Waals surface area contributed by atoms with Crippen LogP contribution in [0.4, 0.5) is 17.1 Å². The van der Waals surface area contributed by atoms with E-state index in [1.807, 2.05) is 0 Å². The number of para-hydroxylation sites is 2. The van der Waals surface area contributed by atoms with E-state index in [9.17, 15) is 0 Å². The van der Waals surface area contributed by atoms with Crippen LogP contribution in [-0.2, 0) is 5.41 Å². The summed E-state index contributed by atoms with van der Waals surface area (Å²) in [5.41, 5.74) is 11.4. The largest absolute Gasteiger partial charge is 0.310 e. The van der Waals surface area contributed by atoms with Crippen LogP contribution in [0.25, 0.3) is 44.5 Å². The lowest BCUT2D eigenvalue weighted by Crippen LogP contribution is -2.30. The van der Waals surface area contributed by atoms with Crippen molar-refractivity contribution < 1.29 is 0 Å². The zero-order chi connectivity index (χ0) is 35.5. The fourth-order valence-corrected chi connectivity index (χ4v) is 8.40. The molecule has 2 aromatic heterocycles. The van der Waals surface area contributed by atoms with Crippen LogP contribution in [0.2, 0.25) is 0 Å². The van der Waals surface area contributed by atoms with Crippen LogP contribution in [0.5, 0.6) is 0 Å². The van der Waals surface area contributed by atoms with Crippen LogP contribution in [-0.4, -0.2) is 19.5 Å². The van der Waals surface area contributed by atoms with Crippen molar-refractivity contribution in [2.75, 3.05) is 4.90 Å². The third kappa shape index (κ3) is 5.18. The zero-order valence-corrected chi connectivity index (χ0v) is 29.9. The van der Waals surface area contributed by atoms with Gasteiger partial charge in [0, 0.05) is 33.4 Å². The smallest absolute Gasteiger partial charge is 0.238 e. The lowest BCUT2D eigenvalue weighted by Gasteiger charge is -2.42. The van der Waals surface area contributed by atoms with Gasteiger partial charge in [0.1, 0.15) is 5.82 Å². The number of hydrogen-bond acceptors (Lipinski definition) is 4. The zero-order valence-electron chi connectivity index (χ0n) is 29.9. The molecule has 0 spiro atoms. The molecule has 2 aliphatic carbocycles. The number of fused-ring (bicyclic) bond motifs is 5. The number of aromatic nitrogens is 4. The van der Waals surface area contributed by atoms with Crippen LogP contribution in [0.3, 0.4) is 0 Å². The second kappa shape index (κ2) is 12.4. The fourth-order valence-electron chi connectivity index (χ4n) is 8.40. The molecule has 7 aromatic rings. The topological polar surface area (TPSA) is 46.8 Å². The Labute approximate surface area is 310 Å². The van der Waals surface area contributed by atoms with Gasteiger partial charge in [0.25, 0.3) is 0 Å². The van der Waals surface area contributed by atoms with Crippen molar-refractivity contribution in [2.45, 2.75) is 44.4 Å². The summed E-state index contributed by atoms with van der Waals surface area (Å²) in [6.07, 6.45) is 18.1. The Morgan fingerprint density at radius 1 is 0.642 bits per heavy atom. The van der Waals surface area contributed by atoms with Crippen LogP contribution in [0.1, 0.15) is 61.8 Å². The molecule has 5 nitrogen and oxygen atoms in total. The Hall–Kier alpha value is -6.33. The highest BCUT2D eigenvalue weighted by Crippen LogP contribution is 2.54. The summed E-state index contributed by atoms with van der Waals surface area (Å²) in [7, 11) is 0. The lowest BCUT2D eigenvalue weighted by molar-refractivity contribution is 0.633. The van der Waals surface area contributed by atoms with E-state index >= 15 is 0 Å². The van der Waals surface area contributed by atoms with Crippen LogP contribution >= 0.6 is 0 Å². The number of anilines is 3. The summed E-state index contributed by atoms with van der Waals surface area (Å²) in [5, 5.41) is 2.34. The number of allylic oxidation sites excluding steroid dienone is 8. The summed E-state index contributed by atoms with van der Waals surface area (Å²) in [4.78, 5) is 18.1. The molecule has 0 saturated heterocycles. The standard InChI is InChI=1S/C48H39N5/c1-48(2)39-29-35(32-17-7-3-8-18-32)27-28-42(39)52(36-23-13-6-14-24-36)44-30-38-37-25-15-16-26-41(37)53(43(38)31-40(44)48)47-50-45(33-19-9-4-10-20-33)49-46(51-47)34-21-11-5-12-22-34/h3-4,6-11,13-19,21-31,33H,5,12,20H2,1-2H3. The van der Waals surface area contributed by atoms with Gasteiger partial charge in [-0.15, -0.1) is 0 Å². The molecule has 10 rings (SSSR count). The van der Waals surface area contributed by atoms with E-state index in [1.54, 1.807) is 0 Å². The lowest BCUT2D eigenvalue weighted by atomic mass is 9.72. The molecule has 3 aliphatic rings. The van der Waals surface area contributed by atoms with Gasteiger partial charge in [0.2, 0.25) is 5.95 Å². The predicted octanol–water partition coefficient (Wildman–Crippen LogP) is 12.1. The van der Waals surface area contributed by atoms with E-state index in [4.69, 9.17) is 15.0 Å². The van der Waals surface area contributed by atoms with Crippen molar-refractivity contribution in [2.24, 2.45) is 0 Å². The maximum Gasteiger partial charge on any atom is 0.238 e. The minimum atomic E-state index is -0.317. The van der Waals surface area contributed by atoms with Crippen LogP contribution in [0, 0.1) is 0 Å². The average molecular weight is 686 g/mol. The van der Waals surface area contributed by atoms with Gasteiger partial charge >= 0.3 is 0 Å². The average Bonchev–Trinajstić information content (AvgIpc) is 3.55. The van der Waals surface area contributed by atoms with Gasteiger partial charge in [-0.25, -0.2) is 4.98 Å². The maximum absolute atomic E-state index is 5.28. The summed E-state index contributed by atoms with van der Waals surface area (Å²) in [6.45, 7) is 4.73. The highest BCUT2D eigenvalue weighted by molar-refractivity contribution is 6.11. The van der Waals surface area contributed by atoms with Gasteiger partial charge in [-0.1, -0.05) is 129 Å². The van der Waals surface area contributed by atoms with E-state index in [0.29, 0.717) is 5.95 Å². The number of nitrogens with zero attached hydrogens (tertiary/aromatic N) is 5. The van der Waals surface area contributed by atoms with Crippen molar-refractivity contribution in [3.8, 4) is 17.1 Å². The molecular formula is C48H39N5. The van der Waals surface area contributed by atoms with Crippen molar-refractivity contribution in [1.29, 1.82) is 0 Å². The minimum Gasteiger partial charge on any atom is -0.310 e. The van der Waals surface area contributed by atoms with E-state index in [1.165, 1.54) is 44.4 Å². The third-order valence-corrected chi connectivity index (χ3v) is 11.1. The van der Waals surface area contributed by atoms with Gasteiger partial charge in [-0.3, -0.25) is 4.57 Å². The van der Waals surface area contributed by atoms with Gasteiger partial charge in [0.15, 0.2) is 5.82 Å². The molecule has 3 heterocycles. The molecule has 5 aromatic carbocycles. The van der Waals surface area contributed by atoms with E-state index in [2.05, 4.69) is 181 Å². The minimum absolute atomic E-state index is 0.0863. The fraction of sp³-hybridized carbons (Fsp3) is 0.146. The van der Waals surface area contributed by atoms with Crippen molar-refractivity contribution in [3.63, 3.8) is 0 Å². The highest BCUT2D eigenvalue weighted by atomic mass is 15.2. The molecular weight excluding hydrogens is 647 g/mol. The molecule has 0 bridgehead atoms. The monoisotopic (exact) mass is 685 g/mol.